The Morgan fingerprint density at radius 1 is 1.11 bits per heavy atom. The fourth-order valence-corrected chi connectivity index (χ4v) is 4.19. The first-order valence-electron chi connectivity index (χ1n) is 10.1. The van der Waals surface area contributed by atoms with Gasteiger partial charge in [-0.3, -0.25) is 9.69 Å². The number of nitrogens with zero attached hydrogens (tertiary/aromatic N) is 3. The van der Waals surface area contributed by atoms with Gasteiger partial charge in [-0.25, -0.2) is 0 Å². The van der Waals surface area contributed by atoms with Gasteiger partial charge in [0.1, 0.15) is 0 Å². The van der Waals surface area contributed by atoms with Crippen LogP contribution in [-0.4, -0.2) is 73.0 Å². The van der Waals surface area contributed by atoms with Crippen molar-refractivity contribution < 1.29 is 4.79 Å². The third-order valence-electron chi connectivity index (χ3n) is 5.84. The highest BCUT2D eigenvalue weighted by atomic mass is 35.5. The van der Waals surface area contributed by atoms with Gasteiger partial charge >= 0.3 is 0 Å². The molecular formula is C21H36Cl2N4O. The highest BCUT2D eigenvalue weighted by Gasteiger charge is 2.30. The summed E-state index contributed by atoms with van der Waals surface area (Å²) in [4.78, 5) is 19.6. The molecule has 1 aromatic rings. The number of rotatable bonds is 6. The molecule has 0 aromatic heterocycles. The largest absolute Gasteiger partial charge is 0.340 e. The van der Waals surface area contributed by atoms with E-state index >= 15 is 0 Å². The van der Waals surface area contributed by atoms with Gasteiger partial charge in [0.05, 0.1) is 0 Å². The molecule has 1 aliphatic heterocycles. The summed E-state index contributed by atoms with van der Waals surface area (Å²) in [6.45, 7) is 6.83. The van der Waals surface area contributed by atoms with Crippen LogP contribution in [0.25, 0.3) is 0 Å². The van der Waals surface area contributed by atoms with Crippen molar-refractivity contribution in [2.45, 2.75) is 38.3 Å². The zero-order valence-corrected chi connectivity index (χ0v) is 18.6. The van der Waals surface area contributed by atoms with Gasteiger partial charge in [0.25, 0.3) is 0 Å². The molecule has 2 aliphatic rings. The molecule has 2 unspecified atom stereocenters. The molecule has 1 aromatic carbocycles. The Morgan fingerprint density at radius 3 is 2.43 bits per heavy atom. The quantitative estimate of drug-likeness (QED) is 0.753. The van der Waals surface area contributed by atoms with E-state index in [1.165, 1.54) is 5.56 Å². The molecule has 0 spiro atoms. The maximum atomic E-state index is 12.7. The molecule has 1 saturated heterocycles. The van der Waals surface area contributed by atoms with Gasteiger partial charge in [-0.2, -0.15) is 0 Å². The molecule has 2 N–H and O–H groups in total. The van der Waals surface area contributed by atoms with E-state index in [0.29, 0.717) is 5.91 Å². The van der Waals surface area contributed by atoms with E-state index in [4.69, 9.17) is 5.73 Å². The molecule has 0 radical (unpaired) electrons. The molecule has 0 bridgehead atoms. The van der Waals surface area contributed by atoms with Gasteiger partial charge in [0.15, 0.2) is 0 Å². The van der Waals surface area contributed by atoms with Crippen molar-refractivity contribution in [3.05, 3.63) is 35.9 Å². The summed E-state index contributed by atoms with van der Waals surface area (Å²) in [5.74, 6) is 0.517. The Labute approximate surface area is 182 Å². The van der Waals surface area contributed by atoms with Gasteiger partial charge < -0.3 is 15.5 Å². The maximum Gasteiger partial charge on any atom is 0.225 e. The molecule has 2 atom stereocenters. The Morgan fingerprint density at radius 2 is 1.79 bits per heavy atom. The molecule has 1 heterocycles. The van der Waals surface area contributed by atoms with E-state index in [0.717, 1.165) is 71.5 Å². The zero-order valence-electron chi connectivity index (χ0n) is 17.0. The third-order valence-corrected chi connectivity index (χ3v) is 5.84. The zero-order chi connectivity index (χ0) is 18.4. The molecule has 1 aliphatic carbocycles. The Kier molecular flexibility index (Phi) is 11.4. The predicted octanol–water partition coefficient (Wildman–Crippen LogP) is 2.62. The smallest absolute Gasteiger partial charge is 0.225 e. The minimum absolute atomic E-state index is 0. The minimum atomic E-state index is 0. The molecule has 5 nitrogen and oxygen atoms in total. The molecule has 28 heavy (non-hydrogen) atoms. The number of piperazine rings is 1. The van der Waals surface area contributed by atoms with E-state index in [9.17, 15) is 4.79 Å². The van der Waals surface area contributed by atoms with E-state index in [1.54, 1.807) is 0 Å². The number of benzene rings is 1. The number of carbonyl (C=O) groups is 1. The number of carbonyl (C=O) groups excluding carboxylic acids is 1. The van der Waals surface area contributed by atoms with Gasteiger partial charge in [0.2, 0.25) is 5.91 Å². The second-order valence-corrected chi connectivity index (χ2v) is 8.01. The second-order valence-electron chi connectivity index (χ2n) is 8.01. The summed E-state index contributed by atoms with van der Waals surface area (Å²) in [5, 5.41) is 0. The molecular weight excluding hydrogens is 395 g/mol. The van der Waals surface area contributed by atoms with Crippen LogP contribution in [0.1, 0.15) is 31.2 Å². The number of hydrogen-bond acceptors (Lipinski definition) is 4. The van der Waals surface area contributed by atoms with E-state index < -0.39 is 0 Å². The fourth-order valence-electron chi connectivity index (χ4n) is 4.19. The average Bonchev–Trinajstić information content (AvgIpc) is 2.67. The summed E-state index contributed by atoms with van der Waals surface area (Å²) in [6, 6.07) is 10.8. The van der Waals surface area contributed by atoms with Crippen molar-refractivity contribution in [3.63, 3.8) is 0 Å². The standard InChI is InChI=1S/C21H34N4O.2ClH/c1-23(17-18-6-3-2-4-7-18)10-11-24-12-14-25(15-13-24)21(26)19-8-5-9-20(22)16-19;;/h2-4,6-7,19-20H,5,8-17,22H2,1H3;2*1H. The summed E-state index contributed by atoms with van der Waals surface area (Å²) >= 11 is 0. The number of halogens is 2. The second kappa shape index (κ2) is 12.7. The molecule has 2 fully saturated rings. The van der Waals surface area contributed by atoms with Crippen molar-refractivity contribution in [1.29, 1.82) is 0 Å². The third kappa shape index (κ3) is 7.53. The van der Waals surface area contributed by atoms with Crippen molar-refractivity contribution in [1.82, 2.24) is 14.7 Å². The summed E-state index contributed by atoms with van der Waals surface area (Å²) in [6.07, 6.45) is 4.08. The van der Waals surface area contributed by atoms with Crippen LogP contribution < -0.4 is 5.73 Å². The monoisotopic (exact) mass is 430 g/mol. The topological polar surface area (TPSA) is 52.8 Å². The summed E-state index contributed by atoms with van der Waals surface area (Å²) in [5.41, 5.74) is 7.41. The first-order valence-corrected chi connectivity index (χ1v) is 10.1. The number of likely N-dealkylation sites (N-methyl/N-ethyl adjacent to an activating group) is 1. The van der Waals surface area contributed by atoms with Crippen LogP contribution in [-0.2, 0) is 11.3 Å². The van der Waals surface area contributed by atoms with Crippen molar-refractivity contribution >= 4 is 30.7 Å². The van der Waals surface area contributed by atoms with Crippen molar-refractivity contribution in [3.8, 4) is 0 Å². The highest BCUT2D eigenvalue weighted by molar-refractivity contribution is 5.85. The molecule has 1 amide bonds. The van der Waals surface area contributed by atoms with E-state index in [2.05, 4.69) is 52.1 Å². The predicted molar refractivity (Wildman–Crippen MR) is 120 cm³/mol. The normalized spacial score (nSPS) is 23.0. The fraction of sp³-hybridized carbons (Fsp3) is 0.667. The van der Waals surface area contributed by atoms with Gasteiger partial charge in [-0.15, -0.1) is 24.8 Å². The lowest BCUT2D eigenvalue weighted by molar-refractivity contribution is -0.138. The lowest BCUT2D eigenvalue weighted by Crippen LogP contribution is -2.52. The van der Waals surface area contributed by atoms with Crippen molar-refractivity contribution in [2.24, 2.45) is 11.7 Å². The van der Waals surface area contributed by atoms with Crippen LogP contribution in [0.2, 0.25) is 0 Å². The van der Waals surface area contributed by atoms with Crippen LogP contribution in [0, 0.1) is 5.92 Å². The Bertz CT molecular complexity index is 567. The summed E-state index contributed by atoms with van der Waals surface area (Å²) < 4.78 is 0. The maximum absolute atomic E-state index is 12.7. The molecule has 3 rings (SSSR count). The number of hydrogen-bond donors (Lipinski definition) is 1. The SMILES string of the molecule is CN(CCN1CCN(C(=O)C2CCCC(N)C2)CC1)Cc1ccccc1.Cl.Cl. The van der Waals surface area contributed by atoms with Crippen LogP contribution in [0.5, 0.6) is 0 Å². The van der Waals surface area contributed by atoms with Crippen LogP contribution >= 0.6 is 24.8 Å². The Hall–Kier alpha value is -0.850. The minimum Gasteiger partial charge on any atom is -0.340 e. The van der Waals surface area contributed by atoms with Gasteiger partial charge in [-0.1, -0.05) is 36.8 Å². The Balaban J connectivity index is 0.00000196. The van der Waals surface area contributed by atoms with E-state index in [1.807, 2.05) is 0 Å². The van der Waals surface area contributed by atoms with Crippen LogP contribution in [0.3, 0.4) is 0 Å². The highest BCUT2D eigenvalue weighted by Crippen LogP contribution is 2.25. The van der Waals surface area contributed by atoms with Gasteiger partial charge in [-0.05, 0) is 31.9 Å². The number of nitrogens with two attached hydrogens (primary N) is 1. The van der Waals surface area contributed by atoms with Crippen LogP contribution in [0.4, 0.5) is 0 Å². The van der Waals surface area contributed by atoms with Crippen LogP contribution in [0.15, 0.2) is 30.3 Å². The molecule has 1 saturated carbocycles. The van der Waals surface area contributed by atoms with Gasteiger partial charge in [0, 0.05) is 57.8 Å². The molecule has 7 heteroatoms. The summed E-state index contributed by atoms with van der Waals surface area (Å²) in [7, 11) is 2.18. The van der Waals surface area contributed by atoms with E-state index in [-0.39, 0.29) is 36.8 Å². The van der Waals surface area contributed by atoms with Crippen molar-refractivity contribution in [2.75, 3.05) is 46.3 Å². The first-order chi connectivity index (χ1) is 12.6. The lowest BCUT2D eigenvalue weighted by atomic mass is 9.85. The molecule has 160 valence electrons. The average molecular weight is 431 g/mol. The number of amides is 1. The lowest BCUT2D eigenvalue weighted by Gasteiger charge is -2.38. The first kappa shape index (κ1) is 25.2.